The van der Waals surface area contributed by atoms with Crippen molar-refractivity contribution in [3.63, 3.8) is 0 Å². The summed E-state index contributed by atoms with van der Waals surface area (Å²) in [5, 5.41) is 4.01. The van der Waals surface area contributed by atoms with Gasteiger partial charge in [0.05, 0.1) is 11.6 Å². The molecule has 1 atom stereocenters. The molecule has 4 nitrogen and oxygen atoms in total. The van der Waals surface area contributed by atoms with E-state index in [9.17, 15) is 4.79 Å². The van der Waals surface area contributed by atoms with Crippen molar-refractivity contribution in [1.82, 2.24) is 15.2 Å². The van der Waals surface area contributed by atoms with Crippen molar-refractivity contribution in [3.05, 3.63) is 63.3 Å². The van der Waals surface area contributed by atoms with Gasteiger partial charge in [-0.05, 0) is 33.6 Å². The summed E-state index contributed by atoms with van der Waals surface area (Å²) in [6.45, 7) is 2.10. The van der Waals surface area contributed by atoms with Crippen LogP contribution < -0.4 is 5.32 Å². The Hall–Kier alpha value is -0.850. The molecule has 0 aliphatic carbocycles. The molecular weight excluding hydrogens is 436 g/mol. The minimum absolute atomic E-state index is 0. The molecule has 1 aliphatic rings. The Bertz CT molecular complexity index is 702. The number of pyridine rings is 1. The number of hydrogen-bond donors (Lipinski definition) is 1. The van der Waals surface area contributed by atoms with E-state index in [4.69, 9.17) is 11.6 Å². The topological polar surface area (TPSA) is 45.2 Å². The summed E-state index contributed by atoms with van der Waals surface area (Å²) in [7, 11) is 0. The van der Waals surface area contributed by atoms with Crippen molar-refractivity contribution in [3.8, 4) is 0 Å². The fourth-order valence-electron chi connectivity index (χ4n) is 2.67. The third kappa shape index (κ3) is 4.61. The lowest BCUT2D eigenvalue weighted by atomic mass is 10.0. The molecule has 1 saturated heterocycles. The molecule has 0 radical (unpaired) electrons. The normalized spacial score (nSPS) is 16.8. The van der Waals surface area contributed by atoms with Gasteiger partial charge in [-0.2, -0.15) is 0 Å². The summed E-state index contributed by atoms with van der Waals surface area (Å²) in [6, 6.07) is 9.38. The van der Waals surface area contributed by atoms with Gasteiger partial charge in [0, 0.05) is 41.5 Å². The number of benzene rings is 1. The molecule has 24 heavy (non-hydrogen) atoms. The lowest BCUT2D eigenvalue weighted by Crippen LogP contribution is -2.48. The Labute approximate surface area is 166 Å². The number of carbonyl (C=O) groups is 1. The smallest absolute Gasteiger partial charge is 0.256 e. The third-order valence-electron chi connectivity index (χ3n) is 3.72. The molecule has 1 unspecified atom stereocenters. The molecule has 1 aromatic carbocycles. The number of nitrogens with one attached hydrogen (secondary N) is 1. The van der Waals surface area contributed by atoms with Gasteiger partial charge in [-0.1, -0.05) is 29.8 Å². The van der Waals surface area contributed by atoms with Crippen molar-refractivity contribution in [1.29, 1.82) is 0 Å². The molecular formula is C16H17BrCl3N3O. The summed E-state index contributed by atoms with van der Waals surface area (Å²) in [6.07, 6.45) is 3.26. The average Bonchev–Trinajstić information content (AvgIpc) is 2.55. The summed E-state index contributed by atoms with van der Waals surface area (Å²) in [4.78, 5) is 18.8. The van der Waals surface area contributed by atoms with Crippen LogP contribution in [0, 0.1) is 0 Å². The molecule has 0 spiro atoms. The lowest BCUT2D eigenvalue weighted by molar-refractivity contribution is 0.0634. The SMILES string of the molecule is Cl.Cl.O=C(c1cncc(Br)c1)N1CCNCC1c1ccccc1Cl. The summed E-state index contributed by atoms with van der Waals surface area (Å²) < 4.78 is 0.794. The first-order valence-corrected chi connectivity index (χ1v) is 8.20. The van der Waals surface area contributed by atoms with E-state index in [0.717, 1.165) is 16.6 Å². The fraction of sp³-hybridized carbons (Fsp3) is 0.250. The highest BCUT2D eigenvalue weighted by atomic mass is 79.9. The standard InChI is InChI=1S/C16H15BrClN3O.2ClH/c17-12-7-11(8-20-9-12)16(22)21-6-5-19-10-15(21)13-3-1-2-4-14(13)18;;/h1-4,7-9,15,19H,5-6,10H2;2*1H. The maximum atomic E-state index is 12.8. The van der Waals surface area contributed by atoms with Gasteiger partial charge in [0.1, 0.15) is 0 Å². The van der Waals surface area contributed by atoms with Crippen LogP contribution in [-0.2, 0) is 0 Å². The second-order valence-corrected chi connectivity index (χ2v) is 6.45. The Morgan fingerprint density at radius 3 is 2.75 bits per heavy atom. The van der Waals surface area contributed by atoms with E-state index in [1.807, 2.05) is 29.2 Å². The van der Waals surface area contributed by atoms with E-state index in [1.165, 1.54) is 0 Å². The van der Waals surface area contributed by atoms with Gasteiger partial charge in [0.25, 0.3) is 5.91 Å². The second-order valence-electron chi connectivity index (χ2n) is 5.13. The van der Waals surface area contributed by atoms with Crippen LogP contribution in [0.25, 0.3) is 0 Å². The van der Waals surface area contributed by atoms with E-state index in [2.05, 4.69) is 26.2 Å². The average molecular weight is 454 g/mol. The van der Waals surface area contributed by atoms with Gasteiger partial charge in [-0.25, -0.2) is 0 Å². The number of rotatable bonds is 2. The number of amides is 1. The van der Waals surface area contributed by atoms with E-state index in [-0.39, 0.29) is 36.8 Å². The minimum Gasteiger partial charge on any atom is -0.329 e. The van der Waals surface area contributed by atoms with Crippen LogP contribution in [0.2, 0.25) is 5.02 Å². The Kier molecular flexibility index (Phi) is 8.46. The predicted octanol–water partition coefficient (Wildman–Crippen LogP) is 4.13. The molecule has 1 fully saturated rings. The van der Waals surface area contributed by atoms with Gasteiger partial charge >= 0.3 is 0 Å². The largest absolute Gasteiger partial charge is 0.329 e. The number of piperazine rings is 1. The first-order valence-electron chi connectivity index (χ1n) is 7.03. The number of aromatic nitrogens is 1. The van der Waals surface area contributed by atoms with Crippen LogP contribution in [0.4, 0.5) is 0 Å². The monoisotopic (exact) mass is 451 g/mol. The Morgan fingerprint density at radius 2 is 2.04 bits per heavy atom. The number of carbonyl (C=O) groups excluding carboxylic acids is 1. The first kappa shape index (κ1) is 21.2. The molecule has 2 heterocycles. The Morgan fingerprint density at radius 1 is 1.29 bits per heavy atom. The van der Waals surface area contributed by atoms with Crippen LogP contribution in [0.5, 0.6) is 0 Å². The van der Waals surface area contributed by atoms with Gasteiger partial charge in [0.2, 0.25) is 0 Å². The number of hydrogen-bond acceptors (Lipinski definition) is 3. The molecule has 3 rings (SSSR count). The van der Waals surface area contributed by atoms with Crippen molar-refractivity contribution < 1.29 is 4.79 Å². The van der Waals surface area contributed by atoms with Crippen LogP contribution in [0.15, 0.2) is 47.2 Å². The molecule has 0 bridgehead atoms. The van der Waals surface area contributed by atoms with Crippen LogP contribution >= 0.6 is 52.3 Å². The van der Waals surface area contributed by atoms with E-state index >= 15 is 0 Å². The van der Waals surface area contributed by atoms with Crippen molar-refractivity contribution in [2.75, 3.05) is 19.6 Å². The van der Waals surface area contributed by atoms with Crippen molar-refractivity contribution in [2.45, 2.75) is 6.04 Å². The third-order valence-corrected chi connectivity index (χ3v) is 4.50. The predicted molar refractivity (Wildman–Crippen MR) is 105 cm³/mol. The number of nitrogens with zero attached hydrogens (tertiary/aromatic N) is 2. The quantitative estimate of drug-likeness (QED) is 0.744. The zero-order valence-corrected chi connectivity index (χ0v) is 16.6. The summed E-state index contributed by atoms with van der Waals surface area (Å²) in [5.74, 6) is -0.0276. The fourth-order valence-corrected chi connectivity index (χ4v) is 3.29. The minimum atomic E-state index is -0.0751. The first-order chi connectivity index (χ1) is 10.7. The highest BCUT2D eigenvalue weighted by Gasteiger charge is 2.29. The second kappa shape index (κ2) is 9.59. The zero-order valence-electron chi connectivity index (χ0n) is 12.6. The molecule has 0 saturated carbocycles. The molecule has 2 aromatic rings. The van der Waals surface area contributed by atoms with Gasteiger partial charge in [-0.15, -0.1) is 24.8 Å². The zero-order chi connectivity index (χ0) is 15.5. The molecule has 130 valence electrons. The van der Waals surface area contributed by atoms with Crippen molar-refractivity contribution in [2.24, 2.45) is 0 Å². The van der Waals surface area contributed by atoms with E-state index in [0.29, 0.717) is 23.7 Å². The molecule has 1 N–H and O–H groups in total. The molecule has 1 amide bonds. The van der Waals surface area contributed by atoms with Crippen LogP contribution in [0.3, 0.4) is 0 Å². The summed E-state index contributed by atoms with van der Waals surface area (Å²) in [5.41, 5.74) is 1.54. The maximum absolute atomic E-state index is 12.8. The van der Waals surface area contributed by atoms with E-state index in [1.54, 1.807) is 18.5 Å². The maximum Gasteiger partial charge on any atom is 0.256 e. The molecule has 8 heteroatoms. The number of halogens is 4. The Balaban J connectivity index is 0.00000144. The van der Waals surface area contributed by atoms with E-state index < -0.39 is 0 Å². The van der Waals surface area contributed by atoms with Crippen LogP contribution in [-0.4, -0.2) is 35.4 Å². The lowest BCUT2D eigenvalue weighted by Gasteiger charge is -2.37. The summed E-state index contributed by atoms with van der Waals surface area (Å²) >= 11 is 9.67. The highest BCUT2D eigenvalue weighted by molar-refractivity contribution is 9.10. The highest BCUT2D eigenvalue weighted by Crippen LogP contribution is 2.29. The van der Waals surface area contributed by atoms with Gasteiger partial charge in [0.15, 0.2) is 0 Å². The molecule has 1 aliphatic heterocycles. The molecule has 1 aromatic heterocycles. The van der Waals surface area contributed by atoms with Crippen LogP contribution in [0.1, 0.15) is 22.0 Å². The van der Waals surface area contributed by atoms with Gasteiger partial charge in [-0.3, -0.25) is 9.78 Å². The van der Waals surface area contributed by atoms with Crippen molar-refractivity contribution >= 4 is 58.3 Å². The van der Waals surface area contributed by atoms with Gasteiger partial charge < -0.3 is 10.2 Å².